The molecule has 0 amide bonds. The second-order valence-corrected chi connectivity index (χ2v) is 5.83. The molecule has 0 aliphatic heterocycles. The zero-order chi connectivity index (χ0) is 13.9. The average molecular weight is 330 g/mol. The summed E-state index contributed by atoms with van der Waals surface area (Å²) in [6.45, 7) is 1.57. The van der Waals surface area contributed by atoms with E-state index in [1.54, 1.807) is 14.2 Å². The maximum Gasteiger partial charge on any atom is 0.172 e. The summed E-state index contributed by atoms with van der Waals surface area (Å²) in [7, 11) is 3.33. The Hall–Kier alpha value is -0.780. The molecular weight excluding hydrogens is 310 g/mol. The van der Waals surface area contributed by atoms with Crippen LogP contribution >= 0.6 is 15.9 Å². The van der Waals surface area contributed by atoms with E-state index < -0.39 is 0 Å². The van der Waals surface area contributed by atoms with Gasteiger partial charge in [-0.2, -0.15) is 0 Å². The van der Waals surface area contributed by atoms with Crippen LogP contribution < -0.4 is 10.1 Å². The van der Waals surface area contributed by atoms with Crippen molar-refractivity contribution in [3.63, 3.8) is 0 Å². The van der Waals surface area contributed by atoms with Gasteiger partial charge in [-0.1, -0.05) is 0 Å². The molecule has 0 saturated heterocycles. The Balaban J connectivity index is 1.94. The Kier molecular flexibility index (Phi) is 4.71. The minimum Gasteiger partial charge on any atom is -0.503 e. The number of benzene rings is 1. The summed E-state index contributed by atoms with van der Waals surface area (Å²) in [6, 6.07) is 3.73. The van der Waals surface area contributed by atoms with E-state index in [9.17, 15) is 5.11 Å². The Morgan fingerprint density at radius 1 is 1.37 bits per heavy atom. The summed E-state index contributed by atoms with van der Waals surface area (Å²) in [5, 5.41) is 13.2. The van der Waals surface area contributed by atoms with Crippen LogP contribution in [0.5, 0.6) is 11.5 Å². The summed E-state index contributed by atoms with van der Waals surface area (Å²) in [5.41, 5.74) is 1.09. The topological polar surface area (TPSA) is 50.7 Å². The van der Waals surface area contributed by atoms with Crippen molar-refractivity contribution in [3.05, 3.63) is 22.2 Å². The third-order valence-corrected chi connectivity index (χ3v) is 4.39. The Bertz CT molecular complexity index is 441. The van der Waals surface area contributed by atoms with Gasteiger partial charge in [-0.05, 0) is 52.9 Å². The molecule has 0 spiro atoms. The first-order valence-corrected chi connectivity index (χ1v) is 7.21. The van der Waals surface area contributed by atoms with E-state index in [0.717, 1.165) is 31.5 Å². The number of ether oxygens (including phenoxy) is 2. The number of nitrogens with one attached hydrogen (secondary N) is 1. The monoisotopic (exact) mass is 329 g/mol. The van der Waals surface area contributed by atoms with Gasteiger partial charge in [0.25, 0.3) is 0 Å². The van der Waals surface area contributed by atoms with Crippen molar-refractivity contribution in [2.75, 3.05) is 20.8 Å². The number of hydrogen-bond acceptors (Lipinski definition) is 4. The maximum atomic E-state index is 9.75. The van der Waals surface area contributed by atoms with Gasteiger partial charge in [0, 0.05) is 20.2 Å². The van der Waals surface area contributed by atoms with Crippen molar-refractivity contribution >= 4 is 15.9 Å². The fourth-order valence-corrected chi connectivity index (χ4v) is 2.83. The highest BCUT2D eigenvalue weighted by molar-refractivity contribution is 9.10. The minimum atomic E-state index is 0.0260. The molecule has 0 aromatic heterocycles. The van der Waals surface area contributed by atoms with Crippen molar-refractivity contribution in [1.82, 2.24) is 5.32 Å². The van der Waals surface area contributed by atoms with Crippen molar-refractivity contribution in [3.8, 4) is 11.5 Å². The van der Waals surface area contributed by atoms with E-state index in [0.29, 0.717) is 10.2 Å². The number of phenols is 1. The largest absolute Gasteiger partial charge is 0.503 e. The molecule has 0 radical (unpaired) electrons. The van der Waals surface area contributed by atoms with Crippen LogP contribution in [-0.2, 0) is 11.3 Å². The summed E-state index contributed by atoms with van der Waals surface area (Å²) in [4.78, 5) is 0. The zero-order valence-electron chi connectivity index (χ0n) is 11.3. The van der Waals surface area contributed by atoms with E-state index in [-0.39, 0.29) is 11.4 Å². The van der Waals surface area contributed by atoms with Gasteiger partial charge in [-0.15, -0.1) is 0 Å². The normalized spacial score (nSPS) is 17.0. The third kappa shape index (κ3) is 3.22. The van der Waals surface area contributed by atoms with Gasteiger partial charge >= 0.3 is 0 Å². The molecule has 0 heterocycles. The van der Waals surface area contributed by atoms with Crippen LogP contribution in [0.15, 0.2) is 16.6 Å². The smallest absolute Gasteiger partial charge is 0.172 e. The first kappa shape index (κ1) is 14.6. The Morgan fingerprint density at radius 3 is 2.63 bits per heavy atom. The van der Waals surface area contributed by atoms with Gasteiger partial charge in [0.1, 0.15) is 0 Å². The molecule has 2 N–H and O–H groups in total. The quantitative estimate of drug-likeness (QED) is 0.842. The molecule has 4 nitrogen and oxygen atoms in total. The number of methoxy groups -OCH3 is 2. The number of rotatable bonds is 6. The highest BCUT2D eigenvalue weighted by Gasteiger charge is 2.36. The molecule has 1 fully saturated rings. The molecular formula is C14H20BrNO3. The zero-order valence-corrected chi connectivity index (χ0v) is 12.9. The number of aromatic hydroxyl groups is 1. The van der Waals surface area contributed by atoms with E-state index in [2.05, 4.69) is 21.2 Å². The molecule has 5 heteroatoms. The molecule has 1 aliphatic carbocycles. The van der Waals surface area contributed by atoms with Gasteiger partial charge < -0.3 is 19.9 Å². The van der Waals surface area contributed by atoms with Gasteiger partial charge in [0.2, 0.25) is 0 Å². The molecule has 1 saturated carbocycles. The number of hydrogen-bond donors (Lipinski definition) is 2. The fourth-order valence-electron chi connectivity index (χ4n) is 2.34. The summed E-state index contributed by atoms with van der Waals surface area (Å²) in [6.07, 6.45) is 3.49. The van der Waals surface area contributed by atoms with Crippen LogP contribution in [0, 0.1) is 0 Å². The second kappa shape index (κ2) is 6.11. The van der Waals surface area contributed by atoms with Crippen molar-refractivity contribution in [2.45, 2.75) is 31.4 Å². The average Bonchev–Trinajstić information content (AvgIpc) is 2.36. The lowest BCUT2D eigenvalue weighted by Gasteiger charge is -2.40. The van der Waals surface area contributed by atoms with Crippen molar-refractivity contribution in [2.24, 2.45) is 0 Å². The van der Waals surface area contributed by atoms with Crippen LogP contribution in [0.25, 0.3) is 0 Å². The highest BCUT2D eigenvalue weighted by Crippen LogP contribution is 2.36. The molecule has 1 aromatic carbocycles. The molecule has 106 valence electrons. The molecule has 1 aliphatic rings. The lowest BCUT2D eigenvalue weighted by Crippen LogP contribution is -2.47. The highest BCUT2D eigenvalue weighted by atomic mass is 79.9. The van der Waals surface area contributed by atoms with Crippen LogP contribution in [0.2, 0.25) is 0 Å². The van der Waals surface area contributed by atoms with Crippen LogP contribution in [-0.4, -0.2) is 31.5 Å². The minimum absolute atomic E-state index is 0.0260. The van der Waals surface area contributed by atoms with E-state index >= 15 is 0 Å². The maximum absolute atomic E-state index is 9.75. The molecule has 0 bridgehead atoms. The summed E-state index contributed by atoms with van der Waals surface area (Å²) in [5.74, 6) is 0.620. The third-order valence-electron chi connectivity index (χ3n) is 3.78. The fraction of sp³-hybridized carbons (Fsp3) is 0.571. The SMILES string of the molecule is COc1cc(CNCC2(OC)CCC2)cc(Br)c1O. The van der Waals surface area contributed by atoms with Crippen LogP contribution in [0.1, 0.15) is 24.8 Å². The number of halogens is 1. The Morgan fingerprint density at radius 2 is 2.11 bits per heavy atom. The molecule has 0 atom stereocenters. The van der Waals surface area contributed by atoms with E-state index in [1.807, 2.05) is 12.1 Å². The first-order chi connectivity index (χ1) is 9.10. The van der Waals surface area contributed by atoms with Crippen LogP contribution in [0.4, 0.5) is 0 Å². The summed E-state index contributed by atoms with van der Waals surface area (Å²) < 4.78 is 11.3. The van der Waals surface area contributed by atoms with Crippen LogP contribution in [0.3, 0.4) is 0 Å². The lowest BCUT2D eigenvalue weighted by atomic mass is 9.80. The van der Waals surface area contributed by atoms with Gasteiger partial charge in [-0.25, -0.2) is 0 Å². The summed E-state index contributed by atoms with van der Waals surface area (Å²) >= 11 is 3.33. The van der Waals surface area contributed by atoms with Gasteiger partial charge in [-0.3, -0.25) is 0 Å². The molecule has 2 rings (SSSR count). The number of phenolic OH excluding ortho intramolecular Hbond substituents is 1. The second-order valence-electron chi connectivity index (χ2n) is 4.97. The predicted octanol–water partition coefficient (Wildman–Crippen LogP) is 2.82. The van der Waals surface area contributed by atoms with Gasteiger partial charge in [0.05, 0.1) is 17.2 Å². The lowest BCUT2D eigenvalue weighted by molar-refractivity contribution is -0.0695. The standard InChI is InChI=1S/C14H20BrNO3/c1-18-12-7-10(6-11(15)13(12)17)8-16-9-14(19-2)4-3-5-14/h6-7,16-17H,3-5,8-9H2,1-2H3. The Labute approximate surface area is 122 Å². The van der Waals surface area contributed by atoms with Crippen molar-refractivity contribution in [1.29, 1.82) is 0 Å². The van der Waals surface area contributed by atoms with E-state index in [1.165, 1.54) is 6.42 Å². The molecule has 0 unspecified atom stereocenters. The first-order valence-electron chi connectivity index (χ1n) is 6.41. The predicted molar refractivity (Wildman–Crippen MR) is 77.7 cm³/mol. The molecule has 19 heavy (non-hydrogen) atoms. The van der Waals surface area contributed by atoms with E-state index in [4.69, 9.17) is 9.47 Å². The van der Waals surface area contributed by atoms with Gasteiger partial charge in [0.15, 0.2) is 11.5 Å². The molecule has 1 aromatic rings. The van der Waals surface area contributed by atoms with Crippen molar-refractivity contribution < 1.29 is 14.6 Å².